The molecule has 0 spiro atoms. The van der Waals surface area contributed by atoms with E-state index in [0.717, 1.165) is 10.2 Å². The van der Waals surface area contributed by atoms with Crippen molar-refractivity contribution in [1.82, 2.24) is 5.32 Å². The molecule has 2 unspecified atom stereocenters. The molecule has 19 heavy (non-hydrogen) atoms. The number of anilines is 1. The average Bonchev–Trinajstić information content (AvgIpc) is 3.11. The van der Waals surface area contributed by atoms with Crippen LogP contribution in [0.3, 0.4) is 0 Å². The highest BCUT2D eigenvalue weighted by Gasteiger charge is 2.48. The molecule has 2 atom stereocenters. The summed E-state index contributed by atoms with van der Waals surface area (Å²) < 4.78 is 0.964. The van der Waals surface area contributed by atoms with E-state index in [-0.39, 0.29) is 29.7 Å². The maximum absolute atomic E-state index is 12.0. The van der Waals surface area contributed by atoms with Crippen LogP contribution in [0.15, 0.2) is 28.7 Å². The summed E-state index contributed by atoms with van der Waals surface area (Å²) in [6.45, 7) is 3.83. The lowest BCUT2D eigenvalue weighted by Gasteiger charge is -2.08. The second kappa shape index (κ2) is 5.74. The molecule has 5 heteroatoms. The van der Waals surface area contributed by atoms with Crippen molar-refractivity contribution < 1.29 is 9.59 Å². The summed E-state index contributed by atoms with van der Waals surface area (Å²) in [5.41, 5.74) is 0.753. The molecule has 1 fully saturated rings. The third kappa shape index (κ3) is 3.80. The van der Waals surface area contributed by atoms with Crippen LogP contribution in [0.25, 0.3) is 0 Å². The molecule has 4 nitrogen and oxygen atoms in total. The van der Waals surface area contributed by atoms with E-state index in [1.54, 1.807) is 0 Å². The summed E-state index contributed by atoms with van der Waals surface area (Å²) >= 11 is 3.34. The van der Waals surface area contributed by atoms with Crippen LogP contribution in [0, 0.1) is 11.8 Å². The van der Waals surface area contributed by atoms with E-state index in [0.29, 0.717) is 6.42 Å². The highest BCUT2D eigenvalue weighted by molar-refractivity contribution is 9.10. The molecule has 102 valence electrons. The lowest BCUT2D eigenvalue weighted by Crippen LogP contribution is -2.32. The van der Waals surface area contributed by atoms with Gasteiger partial charge in [0, 0.05) is 16.2 Å². The predicted octanol–water partition coefficient (Wildman–Crippen LogP) is 2.55. The lowest BCUT2D eigenvalue weighted by molar-refractivity contribution is -0.125. The van der Waals surface area contributed by atoms with Gasteiger partial charge in [-0.25, -0.2) is 0 Å². The molecule has 2 N–H and O–H groups in total. The summed E-state index contributed by atoms with van der Waals surface area (Å²) in [6, 6.07) is 7.50. The number of hydrogen-bond donors (Lipinski definition) is 2. The van der Waals surface area contributed by atoms with Gasteiger partial charge in [0.05, 0.1) is 11.8 Å². The molecule has 0 aliphatic heterocycles. The summed E-state index contributed by atoms with van der Waals surface area (Å²) in [6.07, 6.45) is 0.640. The van der Waals surface area contributed by atoms with Gasteiger partial charge in [-0.3, -0.25) is 9.59 Å². The number of rotatable bonds is 4. The number of carbonyl (C=O) groups excluding carboxylic acids is 2. The van der Waals surface area contributed by atoms with Crippen molar-refractivity contribution in [2.24, 2.45) is 11.8 Å². The average molecular weight is 325 g/mol. The summed E-state index contributed by atoms with van der Waals surface area (Å²) in [5, 5.41) is 5.67. The van der Waals surface area contributed by atoms with Crippen LogP contribution < -0.4 is 10.6 Å². The fraction of sp³-hybridized carbons (Fsp3) is 0.429. The first-order chi connectivity index (χ1) is 8.97. The molecule has 1 aromatic rings. The Balaban J connectivity index is 1.86. The van der Waals surface area contributed by atoms with E-state index in [9.17, 15) is 9.59 Å². The topological polar surface area (TPSA) is 58.2 Å². The van der Waals surface area contributed by atoms with Crippen LogP contribution in [-0.4, -0.2) is 17.9 Å². The molecular weight excluding hydrogens is 308 g/mol. The normalized spacial score (nSPS) is 21.1. The van der Waals surface area contributed by atoms with Gasteiger partial charge in [0.2, 0.25) is 11.8 Å². The fourth-order valence-corrected chi connectivity index (χ4v) is 2.20. The molecule has 0 radical (unpaired) electrons. The summed E-state index contributed by atoms with van der Waals surface area (Å²) in [4.78, 5) is 23.7. The van der Waals surface area contributed by atoms with Crippen LogP contribution >= 0.6 is 15.9 Å². The quantitative estimate of drug-likeness (QED) is 0.894. The van der Waals surface area contributed by atoms with E-state index < -0.39 is 0 Å². The van der Waals surface area contributed by atoms with Crippen molar-refractivity contribution in [3.63, 3.8) is 0 Å². The Bertz CT molecular complexity index is 485. The van der Waals surface area contributed by atoms with Crippen molar-refractivity contribution in [2.45, 2.75) is 26.3 Å². The van der Waals surface area contributed by atoms with Crippen molar-refractivity contribution in [3.8, 4) is 0 Å². The zero-order valence-electron chi connectivity index (χ0n) is 10.9. The van der Waals surface area contributed by atoms with Crippen LogP contribution in [0.4, 0.5) is 5.69 Å². The van der Waals surface area contributed by atoms with E-state index in [4.69, 9.17) is 0 Å². The molecular formula is C14H17BrN2O2. The number of hydrogen-bond acceptors (Lipinski definition) is 2. The number of benzene rings is 1. The minimum absolute atomic E-state index is 0.0223. The Morgan fingerprint density at radius 2 is 1.74 bits per heavy atom. The summed E-state index contributed by atoms with van der Waals surface area (Å²) in [5.74, 6) is -0.461. The molecule has 0 heterocycles. The first-order valence-electron chi connectivity index (χ1n) is 6.34. The lowest BCUT2D eigenvalue weighted by atomic mass is 10.2. The first-order valence-corrected chi connectivity index (χ1v) is 7.13. The van der Waals surface area contributed by atoms with Crippen molar-refractivity contribution in [2.75, 3.05) is 5.32 Å². The van der Waals surface area contributed by atoms with E-state index in [1.165, 1.54) is 0 Å². The highest BCUT2D eigenvalue weighted by Crippen LogP contribution is 2.39. The van der Waals surface area contributed by atoms with Gasteiger partial charge in [-0.2, -0.15) is 0 Å². The first kappa shape index (κ1) is 14.1. The largest absolute Gasteiger partial charge is 0.354 e. The van der Waals surface area contributed by atoms with Crippen LogP contribution in [0.1, 0.15) is 20.3 Å². The molecule has 1 aliphatic rings. The third-order valence-electron chi connectivity index (χ3n) is 3.01. The van der Waals surface area contributed by atoms with Gasteiger partial charge in [-0.05, 0) is 44.5 Å². The number of carbonyl (C=O) groups is 2. The molecule has 0 aromatic heterocycles. The predicted molar refractivity (Wildman–Crippen MR) is 77.6 cm³/mol. The maximum Gasteiger partial charge on any atom is 0.228 e. The Labute approximate surface area is 121 Å². The minimum atomic E-state index is -0.192. The molecule has 0 saturated heterocycles. The molecule has 1 aromatic carbocycles. The van der Waals surface area contributed by atoms with E-state index in [1.807, 2.05) is 38.1 Å². The zero-order chi connectivity index (χ0) is 14.0. The Morgan fingerprint density at radius 3 is 2.32 bits per heavy atom. The Morgan fingerprint density at radius 1 is 1.16 bits per heavy atom. The third-order valence-corrected chi connectivity index (χ3v) is 3.54. The van der Waals surface area contributed by atoms with Gasteiger partial charge in [0.15, 0.2) is 0 Å². The minimum Gasteiger partial charge on any atom is -0.354 e. The Hall–Kier alpha value is -1.36. The van der Waals surface area contributed by atoms with Gasteiger partial charge in [0.1, 0.15) is 0 Å². The van der Waals surface area contributed by atoms with Gasteiger partial charge in [0.25, 0.3) is 0 Å². The number of halogens is 1. The number of amides is 2. The molecule has 2 rings (SSSR count). The van der Waals surface area contributed by atoms with Crippen LogP contribution in [0.5, 0.6) is 0 Å². The van der Waals surface area contributed by atoms with Crippen molar-refractivity contribution in [3.05, 3.63) is 28.7 Å². The van der Waals surface area contributed by atoms with Crippen LogP contribution in [0.2, 0.25) is 0 Å². The van der Waals surface area contributed by atoms with Gasteiger partial charge < -0.3 is 10.6 Å². The summed E-state index contributed by atoms with van der Waals surface area (Å²) in [7, 11) is 0. The molecule has 1 saturated carbocycles. The van der Waals surface area contributed by atoms with E-state index >= 15 is 0 Å². The van der Waals surface area contributed by atoms with Crippen LogP contribution in [-0.2, 0) is 9.59 Å². The second-order valence-electron chi connectivity index (χ2n) is 5.11. The van der Waals surface area contributed by atoms with E-state index in [2.05, 4.69) is 26.6 Å². The standard InChI is InChI=1S/C14H17BrN2O2/c1-8(2)16-13(18)11-7-12(11)14(19)17-10-5-3-9(15)4-6-10/h3-6,8,11-12H,7H2,1-2H3,(H,16,18)(H,17,19). The zero-order valence-corrected chi connectivity index (χ0v) is 12.5. The molecule has 1 aliphatic carbocycles. The number of nitrogens with one attached hydrogen (secondary N) is 2. The van der Waals surface area contributed by atoms with Gasteiger partial charge >= 0.3 is 0 Å². The highest BCUT2D eigenvalue weighted by atomic mass is 79.9. The smallest absolute Gasteiger partial charge is 0.228 e. The molecule has 0 bridgehead atoms. The van der Waals surface area contributed by atoms with Crippen molar-refractivity contribution in [1.29, 1.82) is 0 Å². The Kier molecular flexibility index (Phi) is 4.24. The monoisotopic (exact) mass is 324 g/mol. The SMILES string of the molecule is CC(C)NC(=O)C1CC1C(=O)Nc1ccc(Br)cc1. The second-order valence-corrected chi connectivity index (χ2v) is 6.02. The van der Waals surface area contributed by atoms with Gasteiger partial charge in [-0.1, -0.05) is 15.9 Å². The fourth-order valence-electron chi connectivity index (χ4n) is 1.93. The van der Waals surface area contributed by atoms with Gasteiger partial charge in [-0.15, -0.1) is 0 Å². The van der Waals surface area contributed by atoms with Crippen molar-refractivity contribution >= 4 is 33.4 Å². The molecule has 2 amide bonds. The maximum atomic E-state index is 12.0.